The molecule has 8 heteroatoms. The third-order valence-electron chi connectivity index (χ3n) is 3.78. The minimum Gasteiger partial charge on any atom is -0.493 e. The summed E-state index contributed by atoms with van der Waals surface area (Å²) in [5.41, 5.74) is 1.49. The van der Waals surface area contributed by atoms with Gasteiger partial charge in [-0.1, -0.05) is 6.07 Å². The first-order chi connectivity index (χ1) is 12.9. The molecule has 1 N–H and O–H groups in total. The molecule has 7 nitrogen and oxygen atoms in total. The normalized spacial score (nSPS) is 10.0. The van der Waals surface area contributed by atoms with Crippen molar-refractivity contribution < 1.29 is 23.8 Å². The molecule has 0 radical (unpaired) electrons. The van der Waals surface area contributed by atoms with Crippen LogP contribution in [-0.2, 0) is 16.0 Å². The standard InChI is InChI=1S/C19H20N2O5S/c1-5-26-19(23)17-11(2)13(10-20)18(27-17)21-16(22)9-12-6-7-14(24-3)15(8-12)25-4/h6-8H,5,9H2,1-4H3,(H,21,22). The van der Waals surface area contributed by atoms with Crippen molar-refractivity contribution >= 4 is 28.2 Å². The summed E-state index contributed by atoms with van der Waals surface area (Å²) in [7, 11) is 3.06. The lowest BCUT2D eigenvalue weighted by Crippen LogP contribution is -2.14. The van der Waals surface area contributed by atoms with E-state index in [1.807, 2.05) is 6.07 Å². The van der Waals surface area contributed by atoms with Gasteiger partial charge in [0.1, 0.15) is 15.9 Å². The van der Waals surface area contributed by atoms with E-state index < -0.39 is 5.97 Å². The lowest BCUT2D eigenvalue weighted by atomic mass is 10.1. The Morgan fingerprint density at radius 2 is 1.93 bits per heavy atom. The van der Waals surface area contributed by atoms with E-state index in [0.717, 1.165) is 16.9 Å². The van der Waals surface area contributed by atoms with Crippen LogP contribution in [0.4, 0.5) is 5.00 Å². The Bertz CT molecular complexity index is 898. The molecule has 0 atom stereocenters. The van der Waals surface area contributed by atoms with Gasteiger partial charge in [-0.25, -0.2) is 4.79 Å². The molecular formula is C19H20N2O5S. The average molecular weight is 388 g/mol. The summed E-state index contributed by atoms with van der Waals surface area (Å²) >= 11 is 1.04. The van der Waals surface area contributed by atoms with Crippen LogP contribution in [0.5, 0.6) is 11.5 Å². The maximum absolute atomic E-state index is 12.4. The van der Waals surface area contributed by atoms with Crippen molar-refractivity contribution in [2.45, 2.75) is 20.3 Å². The maximum Gasteiger partial charge on any atom is 0.348 e. The minimum atomic E-state index is -0.503. The molecule has 1 heterocycles. The van der Waals surface area contributed by atoms with E-state index in [2.05, 4.69) is 5.32 Å². The fourth-order valence-electron chi connectivity index (χ4n) is 2.47. The third-order valence-corrected chi connectivity index (χ3v) is 4.97. The van der Waals surface area contributed by atoms with Gasteiger partial charge in [0, 0.05) is 0 Å². The Morgan fingerprint density at radius 3 is 2.52 bits per heavy atom. The molecule has 0 aliphatic heterocycles. The van der Waals surface area contributed by atoms with Gasteiger partial charge in [0.2, 0.25) is 5.91 Å². The summed E-state index contributed by atoms with van der Waals surface area (Å²) < 4.78 is 15.4. The van der Waals surface area contributed by atoms with Crippen LogP contribution in [0, 0.1) is 18.3 Å². The first kappa shape index (κ1) is 20.3. The number of anilines is 1. The van der Waals surface area contributed by atoms with Crippen molar-refractivity contribution in [3.05, 3.63) is 39.8 Å². The number of thiophene rings is 1. The SMILES string of the molecule is CCOC(=O)c1sc(NC(=O)Cc2ccc(OC)c(OC)c2)c(C#N)c1C. The van der Waals surface area contributed by atoms with E-state index in [0.29, 0.717) is 26.9 Å². The van der Waals surface area contributed by atoms with E-state index in [9.17, 15) is 14.9 Å². The Kier molecular flexibility index (Phi) is 6.79. The second-order valence-electron chi connectivity index (χ2n) is 5.51. The molecule has 0 unspecified atom stereocenters. The Morgan fingerprint density at radius 1 is 1.22 bits per heavy atom. The molecule has 0 aliphatic carbocycles. The predicted molar refractivity (Wildman–Crippen MR) is 102 cm³/mol. The number of amides is 1. The van der Waals surface area contributed by atoms with Crippen molar-refractivity contribution in [2.24, 2.45) is 0 Å². The zero-order chi connectivity index (χ0) is 20.0. The Labute approximate surface area is 161 Å². The molecule has 2 rings (SSSR count). The van der Waals surface area contributed by atoms with Crippen molar-refractivity contribution in [2.75, 3.05) is 26.1 Å². The fraction of sp³-hybridized carbons (Fsp3) is 0.316. The lowest BCUT2D eigenvalue weighted by molar-refractivity contribution is -0.115. The van der Waals surface area contributed by atoms with E-state index in [1.165, 1.54) is 14.2 Å². The Hall–Kier alpha value is -3.05. The van der Waals surface area contributed by atoms with Crippen LogP contribution in [-0.4, -0.2) is 32.7 Å². The molecule has 0 spiro atoms. The molecule has 0 bridgehead atoms. The summed E-state index contributed by atoms with van der Waals surface area (Å²) in [5, 5.41) is 12.4. The molecule has 2 aromatic rings. The van der Waals surface area contributed by atoms with Gasteiger partial charge < -0.3 is 19.5 Å². The maximum atomic E-state index is 12.4. The summed E-state index contributed by atoms with van der Waals surface area (Å²) in [6, 6.07) is 7.23. The van der Waals surface area contributed by atoms with E-state index >= 15 is 0 Å². The van der Waals surface area contributed by atoms with E-state index in [4.69, 9.17) is 14.2 Å². The highest BCUT2D eigenvalue weighted by Crippen LogP contribution is 2.33. The summed E-state index contributed by atoms with van der Waals surface area (Å²) in [6.45, 7) is 3.60. The summed E-state index contributed by atoms with van der Waals surface area (Å²) in [5.74, 6) is 0.283. The molecule has 0 aliphatic rings. The highest BCUT2D eigenvalue weighted by molar-refractivity contribution is 7.18. The number of nitrogens with zero attached hydrogens (tertiary/aromatic N) is 1. The molecular weight excluding hydrogens is 368 g/mol. The third kappa shape index (κ3) is 4.57. The van der Waals surface area contributed by atoms with Crippen LogP contribution in [0.3, 0.4) is 0 Å². The first-order valence-corrected chi connectivity index (χ1v) is 8.98. The molecule has 0 saturated carbocycles. The average Bonchev–Trinajstić information content (AvgIpc) is 2.96. The minimum absolute atomic E-state index is 0.0803. The fourth-order valence-corrected chi connectivity index (χ4v) is 3.54. The number of methoxy groups -OCH3 is 2. The number of esters is 1. The molecule has 1 aromatic heterocycles. The molecule has 1 amide bonds. The number of carbonyl (C=O) groups is 2. The summed E-state index contributed by atoms with van der Waals surface area (Å²) in [4.78, 5) is 24.7. The van der Waals surface area contributed by atoms with Crippen LogP contribution < -0.4 is 14.8 Å². The monoisotopic (exact) mass is 388 g/mol. The van der Waals surface area contributed by atoms with Crippen LogP contribution >= 0.6 is 11.3 Å². The second-order valence-corrected chi connectivity index (χ2v) is 6.53. The van der Waals surface area contributed by atoms with Gasteiger partial charge in [-0.05, 0) is 37.1 Å². The molecule has 142 valence electrons. The van der Waals surface area contributed by atoms with Gasteiger partial charge in [-0.3, -0.25) is 4.79 Å². The number of rotatable bonds is 7. The van der Waals surface area contributed by atoms with E-state index in [-0.39, 0.29) is 24.5 Å². The number of nitrogens with one attached hydrogen (secondary N) is 1. The van der Waals surface area contributed by atoms with Gasteiger partial charge in [-0.2, -0.15) is 5.26 Å². The van der Waals surface area contributed by atoms with Crippen molar-refractivity contribution in [1.82, 2.24) is 0 Å². The largest absolute Gasteiger partial charge is 0.493 e. The van der Waals surface area contributed by atoms with Crippen LogP contribution in [0.2, 0.25) is 0 Å². The number of benzene rings is 1. The number of ether oxygens (including phenoxy) is 3. The number of hydrogen-bond acceptors (Lipinski definition) is 7. The highest BCUT2D eigenvalue weighted by Gasteiger charge is 2.22. The van der Waals surface area contributed by atoms with Crippen LogP contribution in [0.25, 0.3) is 0 Å². The lowest BCUT2D eigenvalue weighted by Gasteiger charge is -2.09. The topological polar surface area (TPSA) is 97.7 Å². The van der Waals surface area contributed by atoms with Gasteiger partial charge in [0.05, 0.1) is 32.8 Å². The molecule has 0 saturated heterocycles. The van der Waals surface area contributed by atoms with Gasteiger partial charge in [0.15, 0.2) is 11.5 Å². The van der Waals surface area contributed by atoms with Crippen LogP contribution in [0.15, 0.2) is 18.2 Å². The number of nitriles is 1. The van der Waals surface area contributed by atoms with E-state index in [1.54, 1.807) is 32.0 Å². The number of hydrogen-bond donors (Lipinski definition) is 1. The highest BCUT2D eigenvalue weighted by atomic mass is 32.1. The predicted octanol–water partition coefficient (Wildman–Crippen LogP) is 3.30. The molecule has 27 heavy (non-hydrogen) atoms. The Balaban J connectivity index is 2.20. The van der Waals surface area contributed by atoms with Crippen molar-refractivity contribution in [3.63, 3.8) is 0 Å². The van der Waals surface area contributed by atoms with Crippen LogP contribution in [0.1, 0.15) is 33.3 Å². The second kappa shape index (κ2) is 9.05. The zero-order valence-electron chi connectivity index (χ0n) is 15.5. The quantitative estimate of drug-likeness (QED) is 0.731. The smallest absolute Gasteiger partial charge is 0.348 e. The summed E-state index contributed by atoms with van der Waals surface area (Å²) in [6.07, 6.45) is 0.0803. The van der Waals surface area contributed by atoms with Crippen molar-refractivity contribution in [1.29, 1.82) is 5.26 Å². The first-order valence-electron chi connectivity index (χ1n) is 8.16. The molecule has 0 fully saturated rings. The zero-order valence-corrected chi connectivity index (χ0v) is 16.4. The van der Waals surface area contributed by atoms with Crippen molar-refractivity contribution in [3.8, 4) is 17.6 Å². The molecule has 1 aromatic carbocycles. The van der Waals surface area contributed by atoms with Gasteiger partial charge >= 0.3 is 5.97 Å². The number of carbonyl (C=O) groups excluding carboxylic acids is 2. The van der Waals surface area contributed by atoms with Gasteiger partial charge in [0.25, 0.3) is 0 Å². The van der Waals surface area contributed by atoms with Gasteiger partial charge in [-0.15, -0.1) is 11.3 Å².